The van der Waals surface area contributed by atoms with Crippen LogP contribution < -0.4 is 10.6 Å². The lowest BCUT2D eigenvalue weighted by Gasteiger charge is -2.34. The molecular weight excluding hydrogens is 462 g/mol. The molecule has 0 aliphatic heterocycles. The Morgan fingerprint density at radius 2 is 1.92 bits per heavy atom. The molecule has 3 amide bonds. The van der Waals surface area contributed by atoms with Gasteiger partial charge in [0.05, 0.1) is 13.0 Å². The van der Waals surface area contributed by atoms with Crippen LogP contribution >= 0.6 is 0 Å². The normalized spacial score (nSPS) is 18.3. The zero-order valence-corrected chi connectivity index (χ0v) is 22.1. The number of ether oxygens (including phenoxy) is 2. The van der Waals surface area contributed by atoms with Gasteiger partial charge in [-0.15, -0.1) is 0 Å². The number of nitrogens with one attached hydrogen (secondary N) is 2. The molecule has 0 bridgehead atoms. The van der Waals surface area contributed by atoms with Crippen LogP contribution in [-0.4, -0.2) is 59.6 Å². The van der Waals surface area contributed by atoms with Crippen molar-refractivity contribution in [2.75, 3.05) is 13.2 Å². The standard InChI is InChI=1S/C27H39N3O6/c1-8-19-11-10-12-20(16-19)23(24(32)28-14-13-22(31)35-9-2)30(21-15-17(21)3)25(33)18(4)29-26(34)36-27(5,6)7/h8,10-12,16-18,21,23H,1,9,13-15H2,2-7H3,(H,28,32)(H,29,34). The van der Waals surface area contributed by atoms with E-state index in [1.165, 1.54) is 0 Å². The second-order valence-corrected chi connectivity index (χ2v) is 10.0. The van der Waals surface area contributed by atoms with Gasteiger partial charge in [0, 0.05) is 12.6 Å². The summed E-state index contributed by atoms with van der Waals surface area (Å²) in [6.45, 7) is 14.6. The maximum absolute atomic E-state index is 13.7. The summed E-state index contributed by atoms with van der Waals surface area (Å²) in [6, 6.07) is 5.18. The van der Waals surface area contributed by atoms with Gasteiger partial charge in [0.1, 0.15) is 17.7 Å². The third-order valence-corrected chi connectivity index (χ3v) is 5.70. The molecule has 1 fully saturated rings. The SMILES string of the molecule is C=Cc1cccc(C(C(=O)NCCC(=O)OCC)N(C(=O)C(C)NC(=O)OC(C)(C)C)C2CC2C)c1. The fourth-order valence-corrected chi connectivity index (χ4v) is 3.85. The number of carbonyl (C=O) groups excluding carboxylic acids is 4. The van der Waals surface area contributed by atoms with Gasteiger partial charge in [0.2, 0.25) is 11.8 Å². The van der Waals surface area contributed by atoms with E-state index in [0.717, 1.165) is 12.0 Å². The van der Waals surface area contributed by atoms with Crippen LogP contribution in [-0.2, 0) is 23.9 Å². The van der Waals surface area contributed by atoms with E-state index in [9.17, 15) is 19.2 Å². The Kier molecular flexibility index (Phi) is 10.1. The van der Waals surface area contributed by atoms with Crippen LogP contribution in [0.25, 0.3) is 6.08 Å². The first-order valence-electron chi connectivity index (χ1n) is 12.3. The molecule has 0 heterocycles. The minimum Gasteiger partial charge on any atom is -0.466 e. The van der Waals surface area contributed by atoms with Gasteiger partial charge >= 0.3 is 12.1 Å². The van der Waals surface area contributed by atoms with Gasteiger partial charge in [-0.05, 0) is 64.2 Å². The molecule has 36 heavy (non-hydrogen) atoms. The molecular formula is C27H39N3O6. The second kappa shape index (κ2) is 12.6. The predicted octanol–water partition coefficient (Wildman–Crippen LogP) is 3.59. The van der Waals surface area contributed by atoms with E-state index in [2.05, 4.69) is 17.2 Å². The molecule has 1 aromatic rings. The number of hydrogen-bond acceptors (Lipinski definition) is 6. The molecule has 1 saturated carbocycles. The quantitative estimate of drug-likeness (QED) is 0.448. The van der Waals surface area contributed by atoms with E-state index in [1.54, 1.807) is 57.7 Å². The van der Waals surface area contributed by atoms with Crippen molar-refractivity contribution in [3.63, 3.8) is 0 Å². The number of nitrogens with zero attached hydrogens (tertiary/aromatic N) is 1. The predicted molar refractivity (Wildman–Crippen MR) is 137 cm³/mol. The van der Waals surface area contributed by atoms with Gasteiger partial charge in [-0.1, -0.05) is 37.8 Å². The zero-order valence-electron chi connectivity index (χ0n) is 22.1. The van der Waals surface area contributed by atoms with Gasteiger partial charge in [0.25, 0.3) is 0 Å². The molecule has 4 atom stereocenters. The summed E-state index contributed by atoms with van der Waals surface area (Å²) >= 11 is 0. The van der Waals surface area contributed by atoms with Gasteiger partial charge in [-0.25, -0.2) is 4.79 Å². The summed E-state index contributed by atoms with van der Waals surface area (Å²) in [5.74, 6) is -1.04. The van der Waals surface area contributed by atoms with Crippen LogP contribution in [0.4, 0.5) is 4.79 Å². The summed E-state index contributed by atoms with van der Waals surface area (Å²) < 4.78 is 10.2. The molecule has 9 nitrogen and oxygen atoms in total. The lowest BCUT2D eigenvalue weighted by molar-refractivity contribution is -0.144. The third kappa shape index (κ3) is 8.39. The maximum atomic E-state index is 13.7. The van der Waals surface area contributed by atoms with Crippen molar-refractivity contribution in [1.29, 1.82) is 0 Å². The van der Waals surface area contributed by atoms with Crippen molar-refractivity contribution in [3.05, 3.63) is 42.0 Å². The van der Waals surface area contributed by atoms with Crippen LogP contribution in [0.2, 0.25) is 0 Å². The van der Waals surface area contributed by atoms with E-state index in [1.807, 2.05) is 19.1 Å². The Morgan fingerprint density at radius 3 is 2.47 bits per heavy atom. The molecule has 2 N–H and O–H groups in total. The Balaban J connectivity index is 2.34. The minimum atomic E-state index is -0.961. The number of esters is 1. The molecule has 0 saturated heterocycles. The van der Waals surface area contributed by atoms with Crippen molar-refractivity contribution in [2.24, 2.45) is 5.92 Å². The molecule has 1 aliphatic rings. The molecule has 2 rings (SSSR count). The van der Waals surface area contributed by atoms with E-state index < -0.39 is 41.6 Å². The molecule has 1 aromatic carbocycles. The average molecular weight is 502 g/mol. The highest BCUT2D eigenvalue weighted by molar-refractivity contribution is 5.92. The van der Waals surface area contributed by atoms with E-state index in [4.69, 9.17) is 9.47 Å². The summed E-state index contributed by atoms with van der Waals surface area (Å²) in [5, 5.41) is 5.37. The summed E-state index contributed by atoms with van der Waals surface area (Å²) in [4.78, 5) is 52.8. The summed E-state index contributed by atoms with van der Waals surface area (Å²) in [7, 11) is 0. The summed E-state index contributed by atoms with van der Waals surface area (Å²) in [6.07, 6.45) is 1.70. The highest BCUT2D eigenvalue weighted by atomic mass is 16.6. The van der Waals surface area contributed by atoms with Crippen molar-refractivity contribution >= 4 is 30.0 Å². The molecule has 0 aromatic heterocycles. The summed E-state index contributed by atoms with van der Waals surface area (Å²) in [5.41, 5.74) is 0.690. The largest absolute Gasteiger partial charge is 0.466 e. The fourth-order valence-electron chi connectivity index (χ4n) is 3.85. The topological polar surface area (TPSA) is 114 Å². The number of rotatable bonds is 11. The number of amides is 3. The lowest BCUT2D eigenvalue weighted by atomic mass is 10.00. The number of benzene rings is 1. The Bertz CT molecular complexity index is 971. The van der Waals surface area contributed by atoms with E-state index in [0.29, 0.717) is 5.56 Å². The number of carbonyl (C=O) groups is 4. The van der Waals surface area contributed by atoms with Crippen LogP contribution in [0.1, 0.15) is 71.6 Å². The van der Waals surface area contributed by atoms with Crippen molar-refractivity contribution in [1.82, 2.24) is 15.5 Å². The van der Waals surface area contributed by atoms with Gasteiger partial charge in [-0.3, -0.25) is 14.4 Å². The Labute approximate surface area is 213 Å². The van der Waals surface area contributed by atoms with Crippen LogP contribution in [0.3, 0.4) is 0 Å². The third-order valence-electron chi connectivity index (χ3n) is 5.70. The number of alkyl carbamates (subject to hydrolysis) is 1. The van der Waals surface area contributed by atoms with Crippen molar-refractivity contribution < 1.29 is 28.7 Å². The monoisotopic (exact) mass is 501 g/mol. The highest BCUT2D eigenvalue weighted by Gasteiger charge is 2.47. The second-order valence-electron chi connectivity index (χ2n) is 10.0. The first kappa shape index (κ1) is 28.9. The number of hydrogen-bond donors (Lipinski definition) is 2. The van der Waals surface area contributed by atoms with Gasteiger partial charge < -0.3 is 25.0 Å². The molecule has 0 radical (unpaired) electrons. The van der Waals surface area contributed by atoms with Crippen molar-refractivity contribution in [3.8, 4) is 0 Å². The van der Waals surface area contributed by atoms with Crippen LogP contribution in [0, 0.1) is 5.92 Å². The van der Waals surface area contributed by atoms with E-state index in [-0.39, 0.29) is 31.5 Å². The molecule has 9 heteroatoms. The van der Waals surface area contributed by atoms with Gasteiger partial charge in [-0.2, -0.15) is 0 Å². The Morgan fingerprint density at radius 1 is 1.25 bits per heavy atom. The maximum Gasteiger partial charge on any atom is 0.408 e. The zero-order chi connectivity index (χ0) is 27.0. The van der Waals surface area contributed by atoms with Gasteiger partial charge in [0.15, 0.2) is 0 Å². The molecule has 4 unspecified atom stereocenters. The fraction of sp³-hybridized carbons (Fsp3) is 0.556. The van der Waals surface area contributed by atoms with Crippen LogP contribution in [0.5, 0.6) is 0 Å². The van der Waals surface area contributed by atoms with Crippen molar-refractivity contribution in [2.45, 2.75) is 78.1 Å². The van der Waals surface area contributed by atoms with E-state index >= 15 is 0 Å². The highest BCUT2D eigenvalue weighted by Crippen LogP contribution is 2.40. The molecule has 1 aliphatic carbocycles. The van der Waals surface area contributed by atoms with Crippen LogP contribution in [0.15, 0.2) is 30.8 Å². The smallest absolute Gasteiger partial charge is 0.408 e. The Hall–Kier alpha value is -3.36. The molecule has 198 valence electrons. The first-order valence-corrected chi connectivity index (χ1v) is 12.3. The minimum absolute atomic E-state index is 0.0172. The first-order chi connectivity index (χ1) is 16.9. The average Bonchev–Trinajstić information content (AvgIpc) is 3.51. The molecule has 0 spiro atoms. The lowest BCUT2D eigenvalue weighted by Crippen LogP contribution is -2.53.